The Morgan fingerprint density at radius 2 is 2.10 bits per heavy atom. The number of aromatic nitrogens is 3. The lowest BCUT2D eigenvalue weighted by atomic mass is 10.3. The van der Waals surface area contributed by atoms with Gasteiger partial charge in [0.15, 0.2) is 0 Å². The number of pyridine rings is 1. The molecule has 3 aromatic rings. The molecule has 0 spiro atoms. The molecule has 0 unspecified atom stereocenters. The van der Waals surface area contributed by atoms with Crippen LogP contribution in [0.2, 0.25) is 0 Å². The molecule has 1 aromatic carbocycles. The number of hydrogen-bond donors (Lipinski definition) is 2. The lowest BCUT2D eigenvalue weighted by molar-refractivity contribution is 0.679. The Balaban J connectivity index is 1.64. The first-order valence-electron chi connectivity index (χ1n) is 6.76. The number of nitrogens with one attached hydrogen (secondary N) is 1. The van der Waals surface area contributed by atoms with E-state index < -0.39 is 0 Å². The van der Waals surface area contributed by atoms with E-state index >= 15 is 0 Å². The molecule has 0 radical (unpaired) electrons. The SMILES string of the molecule is Nc1cccnc1SCCCn1c(=O)[nH]c2ccccc21. The second-order valence-corrected chi connectivity index (χ2v) is 5.78. The highest BCUT2D eigenvalue weighted by Crippen LogP contribution is 2.22. The maximum atomic E-state index is 11.9. The van der Waals surface area contributed by atoms with E-state index in [0.717, 1.165) is 28.2 Å². The van der Waals surface area contributed by atoms with Gasteiger partial charge in [-0.3, -0.25) is 4.57 Å². The molecule has 108 valence electrons. The summed E-state index contributed by atoms with van der Waals surface area (Å²) < 4.78 is 1.78. The largest absolute Gasteiger partial charge is 0.397 e. The zero-order valence-corrected chi connectivity index (χ0v) is 12.3. The lowest BCUT2D eigenvalue weighted by Crippen LogP contribution is -2.17. The third-order valence-electron chi connectivity index (χ3n) is 3.25. The highest BCUT2D eigenvalue weighted by Gasteiger charge is 2.06. The number of hydrogen-bond acceptors (Lipinski definition) is 4. The highest BCUT2D eigenvalue weighted by atomic mass is 32.2. The van der Waals surface area contributed by atoms with Gasteiger partial charge in [-0.25, -0.2) is 9.78 Å². The van der Waals surface area contributed by atoms with Crippen molar-refractivity contribution in [2.45, 2.75) is 18.0 Å². The van der Waals surface area contributed by atoms with E-state index in [0.29, 0.717) is 12.2 Å². The number of nitrogens with two attached hydrogens (primary N) is 1. The summed E-state index contributed by atoms with van der Waals surface area (Å²) in [5.41, 5.74) is 8.32. The Morgan fingerprint density at radius 1 is 1.24 bits per heavy atom. The van der Waals surface area contributed by atoms with Crippen LogP contribution in [0.4, 0.5) is 5.69 Å². The summed E-state index contributed by atoms with van der Waals surface area (Å²) >= 11 is 1.62. The molecule has 0 aliphatic heterocycles. The van der Waals surface area contributed by atoms with E-state index in [-0.39, 0.29) is 5.69 Å². The van der Waals surface area contributed by atoms with Crippen LogP contribution in [0.3, 0.4) is 0 Å². The molecular formula is C15H16N4OS. The number of imidazole rings is 1. The van der Waals surface area contributed by atoms with Gasteiger partial charge in [0, 0.05) is 18.5 Å². The molecule has 3 N–H and O–H groups in total. The van der Waals surface area contributed by atoms with Gasteiger partial charge >= 0.3 is 5.69 Å². The average molecular weight is 300 g/mol. The molecule has 0 amide bonds. The number of thioether (sulfide) groups is 1. The van der Waals surface area contributed by atoms with Crippen LogP contribution in [0.25, 0.3) is 11.0 Å². The van der Waals surface area contributed by atoms with E-state index in [1.165, 1.54) is 0 Å². The Bertz CT molecular complexity index is 809. The Kier molecular flexibility index (Phi) is 3.96. The van der Waals surface area contributed by atoms with Crippen molar-refractivity contribution in [1.29, 1.82) is 0 Å². The first-order chi connectivity index (χ1) is 10.3. The summed E-state index contributed by atoms with van der Waals surface area (Å²) in [5, 5.41) is 0.851. The first kappa shape index (κ1) is 13.8. The smallest absolute Gasteiger partial charge is 0.326 e. The van der Waals surface area contributed by atoms with E-state index in [1.807, 2.05) is 36.4 Å². The van der Waals surface area contributed by atoms with Gasteiger partial charge in [0.2, 0.25) is 0 Å². The fourth-order valence-corrected chi connectivity index (χ4v) is 3.08. The monoisotopic (exact) mass is 300 g/mol. The van der Waals surface area contributed by atoms with Crippen molar-refractivity contribution in [3.63, 3.8) is 0 Å². The van der Waals surface area contributed by atoms with Crippen molar-refractivity contribution >= 4 is 28.5 Å². The van der Waals surface area contributed by atoms with Gasteiger partial charge in [0.25, 0.3) is 0 Å². The normalized spacial score (nSPS) is 11.0. The molecule has 2 aromatic heterocycles. The summed E-state index contributed by atoms with van der Waals surface area (Å²) in [6.45, 7) is 0.683. The fourth-order valence-electron chi connectivity index (χ4n) is 2.24. The third-order valence-corrected chi connectivity index (χ3v) is 4.35. The zero-order chi connectivity index (χ0) is 14.7. The minimum atomic E-state index is -0.0569. The number of para-hydroxylation sites is 2. The average Bonchev–Trinajstić information content (AvgIpc) is 2.81. The standard InChI is InChI=1S/C15H16N4OS/c16-11-5-3-8-17-14(11)21-10-4-9-19-13-7-2-1-6-12(13)18-15(19)20/h1-3,5-8H,4,9-10,16H2,(H,18,20). The topological polar surface area (TPSA) is 76.7 Å². The van der Waals surface area contributed by atoms with E-state index in [4.69, 9.17) is 5.73 Å². The molecule has 3 rings (SSSR count). The van der Waals surface area contributed by atoms with Gasteiger partial charge in [-0.1, -0.05) is 12.1 Å². The first-order valence-corrected chi connectivity index (χ1v) is 7.75. The quantitative estimate of drug-likeness (QED) is 0.560. The van der Waals surface area contributed by atoms with Gasteiger partial charge in [-0.15, -0.1) is 11.8 Å². The lowest BCUT2D eigenvalue weighted by Gasteiger charge is -2.05. The van der Waals surface area contributed by atoms with Crippen LogP contribution in [0.15, 0.2) is 52.4 Å². The molecule has 0 atom stereocenters. The Morgan fingerprint density at radius 3 is 2.95 bits per heavy atom. The molecule has 0 aliphatic carbocycles. The number of nitrogens with zero attached hydrogens (tertiary/aromatic N) is 2. The van der Waals surface area contributed by atoms with E-state index in [2.05, 4.69) is 9.97 Å². The number of rotatable bonds is 5. The van der Waals surface area contributed by atoms with Gasteiger partial charge in [-0.05, 0) is 30.7 Å². The van der Waals surface area contributed by atoms with E-state index in [1.54, 1.807) is 22.5 Å². The number of aryl methyl sites for hydroxylation is 1. The van der Waals surface area contributed by atoms with Gasteiger partial charge in [0.05, 0.1) is 16.7 Å². The third kappa shape index (κ3) is 2.95. The van der Waals surface area contributed by atoms with Crippen LogP contribution < -0.4 is 11.4 Å². The van der Waals surface area contributed by atoms with Gasteiger partial charge < -0.3 is 10.7 Å². The summed E-state index contributed by atoms with van der Waals surface area (Å²) in [7, 11) is 0. The van der Waals surface area contributed by atoms with Crippen LogP contribution >= 0.6 is 11.8 Å². The molecule has 0 saturated carbocycles. The van der Waals surface area contributed by atoms with E-state index in [9.17, 15) is 4.79 Å². The zero-order valence-electron chi connectivity index (χ0n) is 11.5. The maximum absolute atomic E-state index is 11.9. The van der Waals surface area contributed by atoms with Gasteiger partial charge in [0.1, 0.15) is 5.03 Å². The molecule has 0 aliphatic rings. The minimum Gasteiger partial charge on any atom is -0.397 e. The molecule has 6 heteroatoms. The summed E-state index contributed by atoms with van der Waals surface area (Å²) in [5.74, 6) is 0.868. The molecule has 0 fully saturated rings. The molecular weight excluding hydrogens is 284 g/mol. The van der Waals surface area contributed by atoms with Crippen LogP contribution in [0.5, 0.6) is 0 Å². The fraction of sp³-hybridized carbons (Fsp3) is 0.200. The van der Waals surface area contributed by atoms with Crippen molar-refractivity contribution in [3.05, 3.63) is 53.1 Å². The number of anilines is 1. The second-order valence-electron chi connectivity index (χ2n) is 4.70. The van der Waals surface area contributed by atoms with Crippen molar-refractivity contribution in [2.75, 3.05) is 11.5 Å². The van der Waals surface area contributed by atoms with Crippen LogP contribution in [-0.2, 0) is 6.54 Å². The number of aromatic amines is 1. The van der Waals surface area contributed by atoms with Crippen LogP contribution in [0.1, 0.15) is 6.42 Å². The molecule has 21 heavy (non-hydrogen) atoms. The number of nitrogen functional groups attached to an aromatic ring is 1. The van der Waals surface area contributed by atoms with Crippen molar-refractivity contribution in [1.82, 2.24) is 14.5 Å². The Hall–Kier alpha value is -2.21. The minimum absolute atomic E-state index is 0.0569. The van der Waals surface area contributed by atoms with Gasteiger partial charge in [-0.2, -0.15) is 0 Å². The van der Waals surface area contributed by atoms with Crippen LogP contribution in [-0.4, -0.2) is 20.3 Å². The van der Waals surface area contributed by atoms with Crippen LogP contribution in [0, 0.1) is 0 Å². The maximum Gasteiger partial charge on any atom is 0.326 e. The predicted molar refractivity (Wildman–Crippen MR) is 86.5 cm³/mol. The van der Waals surface area contributed by atoms with Crippen molar-refractivity contribution in [3.8, 4) is 0 Å². The molecule has 0 saturated heterocycles. The molecule has 0 bridgehead atoms. The second kappa shape index (κ2) is 6.05. The molecule has 5 nitrogen and oxygen atoms in total. The number of H-pyrrole nitrogens is 1. The van der Waals surface area contributed by atoms with Crippen molar-refractivity contribution in [2.24, 2.45) is 0 Å². The summed E-state index contributed by atoms with van der Waals surface area (Å²) in [6.07, 6.45) is 2.62. The summed E-state index contributed by atoms with van der Waals surface area (Å²) in [6, 6.07) is 11.4. The number of fused-ring (bicyclic) bond motifs is 1. The number of benzene rings is 1. The Labute approximate surface area is 126 Å². The summed E-state index contributed by atoms with van der Waals surface area (Å²) in [4.78, 5) is 19.0. The highest BCUT2D eigenvalue weighted by molar-refractivity contribution is 7.99. The van der Waals surface area contributed by atoms with Crippen molar-refractivity contribution < 1.29 is 0 Å². The molecule has 2 heterocycles. The predicted octanol–water partition coefficient (Wildman–Crippen LogP) is 2.49.